The van der Waals surface area contributed by atoms with Crippen LogP contribution in [0.2, 0.25) is 5.02 Å². The lowest BCUT2D eigenvalue weighted by molar-refractivity contribution is -0.135. The van der Waals surface area contributed by atoms with Gasteiger partial charge in [-0.3, -0.25) is 19.5 Å². The number of hydrogen-bond acceptors (Lipinski definition) is 4. The number of amides is 1. The van der Waals surface area contributed by atoms with Gasteiger partial charge in [-0.15, -0.1) is 0 Å². The molecule has 34 heavy (non-hydrogen) atoms. The Morgan fingerprint density at radius 3 is 2.44 bits per heavy atom. The Morgan fingerprint density at radius 1 is 1.03 bits per heavy atom. The van der Waals surface area contributed by atoms with Gasteiger partial charge in [-0.1, -0.05) is 72.3 Å². The first-order valence-electron chi connectivity index (χ1n) is 11.2. The first kappa shape index (κ1) is 23.7. The number of aliphatic imine (C=N–C) groups is 1. The lowest BCUT2D eigenvalue weighted by Gasteiger charge is -2.24. The van der Waals surface area contributed by atoms with E-state index in [2.05, 4.69) is 27.3 Å². The lowest BCUT2D eigenvalue weighted by Crippen LogP contribution is -2.39. The van der Waals surface area contributed by atoms with Crippen LogP contribution in [0, 0.1) is 0 Å². The maximum Gasteiger partial charge on any atom is 0.325 e. The number of carboxylic acid groups (broad SMARTS) is 1. The van der Waals surface area contributed by atoms with Crippen LogP contribution in [0.4, 0.5) is 5.69 Å². The standard InChI is InChI=1S/C27H26ClN3O3/c28-21-13-14-23(22(16-21)26(29-17-25(32)33)20-10-5-2-6-11-20)30-27(34)24-12-7-15-31(24)18-19-8-3-1-4-9-19/h1-6,8-11,13-14,16,24H,7,12,15,17-18H2,(H,30,34)(H,32,33)/t24-/m0/s1. The van der Waals surface area contributed by atoms with E-state index < -0.39 is 12.5 Å². The molecule has 1 heterocycles. The van der Waals surface area contributed by atoms with E-state index in [0.29, 0.717) is 28.5 Å². The third-order valence-electron chi connectivity index (χ3n) is 5.81. The summed E-state index contributed by atoms with van der Waals surface area (Å²) in [7, 11) is 0. The molecule has 2 N–H and O–H groups in total. The third kappa shape index (κ3) is 5.90. The Labute approximate surface area is 203 Å². The number of carbonyl (C=O) groups excluding carboxylic acids is 1. The van der Waals surface area contributed by atoms with Crippen molar-refractivity contribution in [3.63, 3.8) is 0 Å². The van der Waals surface area contributed by atoms with Gasteiger partial charge in [0.2, 0.25) is 5.91 Å². The number of carbonyl (C=O) groups is 2. The molecule has 1 atom stereocenters. The van der Waals surface area contributed by atoms with Gasteiger partial charge in [0.1, 0.15) is 6.54 Å². The van der Waals surface area contributed by atoms with E-state index in [1.54, 1.807) is 18.2 Å². The molecule has 0 radical (unpaired) electrons. The molecule has 0 aromatic heterocycles. The number of aliphatic carboxylic acids is 1. The molecule has 3 aromatic rings. The monoisotopic (exact) mass is 475 g/mol. The van der Waals surface area contributed by atoms with E-state index >= 15 is 0 Å². The fourth-order valence-electron chi connectivity index (χ4n) is 4.24. The number of benzene rings is 3. The van der Waals surface area contributed by atoms with Crippen molar-refractivity contribution in [3.05, 3.63) is 101 Å². The molecular formula is C27H26ClN3O3. The zero-order valence-electron chi connectivity index (χ0n) is 18.7. The molecule has 1 aliphatic heterocycles. The molecular weight excluding hydrogens is 450 g/mol. The highest BCUT2D eigenvalue weighted by molar-refractivity contribution is 6.31. The Bertz CT molecular complexity index is 1180. The Morgan fingerprint density at radius 2 is 1.74 bits per heavy atom. The Hall–Kier alpha value is -3.48. The molecule has 1 aliphatic rings. The second kappa shape index (κ2) is 11.1. The number of hydrogen-bond donors (Lipinski definition) is 2. The maximum absolute atomic E-state index is 13.4. The maximum atomic E-state index is 13.4. The van der Waals surface area contributed by atoms with Gasteiger partial charge < -0.3 is 10.4 Å². The van der Waals surface area contributed by atoms with E-state index in [4.69, 9.17) is 11.6 Å². The molecule has 6 nitrogen and oxygen atoms in total. The molecule has 0 unspecified atom stereocenters. The van der Waals surface area contributed by atoms with Crippen LogP contribution in [0.5, 0.6) is 0 Å². The fourth-order valence-corrected chi connectivity index (χ4v) is 4.41. The van der Waals surface area contributed by atoms with E-state index in [0.717, 1.165) is 24.9 Å². The molecule has 1 fully saturated rings. The molecule has 3 aromatic carbocycles. The average molecular weight is 476 g/mol. The first-order chi connectivity index (χ1) is 16.5. The molecule has 4 rings (SSSR count). The molecule has 0 aliphatic carbocycles. The zero-order chi connectivity index (χ0) is 23.9. The number of carboxylic acids is 1. The smallest absolute Gasteiger partial charge is 0.325 e. The molecule has 7 heteroatoms. The molecule has 174 valence electrons. The van der Waals surface area contributed by atoms with Gasteiger partial charge in [-0.25, -0.2) is 0 Å². The Kier molecular flexibility index (Phi) is 7.72. The van der Waals surface area contributed by atoms with Gasteiger partial charge in [0, 0.05) is 22.7 Å². The summed E-state index contributed by atoms with van der Waals surface area (Å²) in [5.41, 5.74) is 3.51. The second-order valence-electron chi connectivity index (χ2n) is 8.22. The van der Waals surface area contributed by atoms with Crippen molar-refractivity contribution in [3.8, 4) is 0 Å². The highest BCUT2D eigenvalue weighted by atomic mass is 35.5. The van der Waals surface area contributed by atoms with Crippen molar-refractivity contribution < 1.29 is 14.7 Å². The minimum absolute atomic E-state index is 0.0948. The van der Waals surface area contributed by atoms with E-state index in [-0.39, 0.29) is 11.9 Å². The average Bonchev–Trinajstić information content (AvgIpc) is 3.30. The van der Waals surface area contributed by atoms with Crippen molar-refractivity contribution >= 4 is 34.9 Å². The number of halogens is 1. The van der Waals surface area contributed by atoms with Crippen molar-refractivity contribution in [2.75, 3.05) is 18.4 Å². The van der Waals surface area contributed by atoms with Crippen LogP contribution in [0.1, 0.15) is 29.5 Å². The van der Waals surface area contributed by atoms with Gasteiger partial charge in [0.05, 0.1) is 17.4 Å². The van der Waals surface area contributed by atoms with Crippen LogP contribution < -0.4 is 5.32 Å². The second-order valence-corrected chi connectivity index (χ2v) is 8.65. The minimum Gasteiger partial charge on any atom is -0.480 e. The van der Waals surface area contributed by atoms with Crippen LogP contribution in [-0.4, -0.2) is 46.7 Å². The van der Waals surface area contributed by atoms with Gasteiger partial charge in [0.25, 0.3) is 0 Å². The van der Waals surface area contributed by atoms with Gasteiger partial charge in [0.15, 0.2) is 0 Å². The summed E-state index contributed by atoms with van der Waals surface area (Å²) < 4.78 is 0. The highest BCUT2D eigenvalue weighted by Gasteiger charge is 2.31. The van der Waals surface area contributed by atoms with Crippen molar-refractivity contribution in [2.45, 2.75) is 25.4 Å². The van der Waals surface area contributed by atoms with Crippen LogP contribution in [0.15, 0.2) is 83.9 Å². The molecule has 0 spiro atoms. The van der Waals surface area contributed by atoms with Gasteiger partial charge >= 0.3 is 5.97 Å². The number of nitrogens with zero attached hydrogens (tertiary/aromatic N) is 2. The van der Waals surface area contributed by atoms with Crippen LogP contribution in [0.25, 0.3) is 0 Å². The van der Waals surface area contributed by atoms with E-state index in [1.165, 1.54) is 5.56 Å². The van der Waals surface area contributed by atoms with Gasteiger partial charge in [-0.05, 0) is 43.1 Å². The van der Waals surface area contributed by atoms with Gasteiger partial charge in [-0.2, -0.15) is 0 Å². The van der Waals surface area contributed by atoms with E-state index in [1.807, 2.05) is 48.5 Å². The number of rotatable bonds is 8. The largest absolute Gasteiger partial charge is 0.480 e. The summed E-state index contributed by atoms with van der Waals surface area (Å²) in [6.07, 6.45) is 1.73. The SMILES string of the molecule is O=C(O)CN=C(c1ccccc1)c1cc(Cl)ccc1NC(=O)[C@@H]1CCCN1Cc1ccccc1. The van der Waals surface area contributed by atoms with Crippen molar-refractivity contribution in [2.24, 2.45) is 4.99 Å². The first-order valence-corrected chi connectivity index (χ1v) is 11.6. The Balaban J connectivity index is 1.62. The zero-order valence-corrected chi connectivity index (χ0v) is 19.4. The lowest BCUT2D eigenvalue weighted by atomic mass is 10.00. The third-order valence-corrected chi connectivity index (χ3v) is 6.04. The van der Waals surface area contributed by atoms with Crippen molar-refractivity contribution in [1.82, 2.24) is 4.90 Å². The van der Waals surface area contributed by atoms with Crippen LogP contribution in [-0.2, 0) is 16.1 Å². The predicted octanol–water partition coefficient (Wildman–Crippen LogP) is 4.87. The summed E-state index contributed by atoms with van der Waals surface area (Å²) in [5.74, 6) is -1.13. The molecule has 0 bridgehead atoms. The highest BCUT2D eigenvalue weighted by Crippen LogP contribution is 2.27. The van der Waals surface area contributed by atoms with Crippen LogP contribution in [0.3, 0.4) is 0 Å². The number of anilines is 1. The predicted molar refractivity (Wildman–Crippen MR) is 135 cm³/mol. The molecule has 0 saturated carbocycles. The summed E-state index contributed by atoms with van der Waals surface area (Å²) in [4.78, 5) is 31.1. The summed E-state index contributed by atoms with van der Waals surface area (Å²) >= 11 is 6.30. The normalized spacial score (nSPS) is 16.4. The summed E-state index contributed by atoms with van der Waals surface area (Å²) in [6, 6.07) is 24.3. The van der Waals surface area contributed by atoms with Crippen molar-refractivity contribution in [1.29, 1.82) is 0 Å². The topological polar surface area (TPSA) is 82.0 Å². The molecule has 1 amide bonds. The molecule has 1 saturated heterocycles. The summed E-state index contributed by atoms with van der Waals surface area (Å²) in [5, 5.41) is 12.7. The summed E-state index contributed by atoms with van der Waals surface area (Å²) in [6.45, 7) is 1.18. The van der Waals surface area contributed by atoms with E-state index in [9.17, 15) is 14.7 Å². The fraction of sp³-hybridized carbons (Fsp3) is 0.222. The number of likely N-dealkylation sites (tertiary alicyclic amines) is 1. The quantitative estimate of drug-likeness (QED) is 0.455. The minimum atomic E-state index is -1.04. The number of nitrogens with one attached hydrogen (secondary N) is 1. The van der Waals surface area contributed by atoms with Crippen LogP contribution >= 0.6 is 11.6 Å².